The standard InChI is InChI=1S/C22H23NO2S2/c1-13(2)17-10-15(11-18(14(3)4)20(17)24)12-19-21(25)23(22(26)27-19)16-8-6-5-7-9-16/h5-14,24H,1-4H3/b19-12+. The van der Waals surface area contributed by atoms with Crippen molar-refractivity contribution in [2.24, 2.45) is 0 Å². The number of thioether (sulfide) groups is 1. The van der Waals surface area contributed by atoms with Gasteiger partial charge in [0.05, 0.1) is 10.6 Å². The van der Waals surface area contributed by atoms with Gasteiger partial charge in [-0.15, -0.1) is 0 Å². The lowest BCUT2D eigenvalue weighted by Gasteiger charge is -2.16. The monoisotopic (exact) mass is 397 g/mol. The minimum Gasteiger partial charge on any atom is -0.507 e. The third-order valence-corrected chi connectivity index (χ3v) is 5.84. The van der Waals surface area contributed by atoms with Crippen molar-refractivity contribution in [1.82, 2.24) is 0 Å². The Morgan fingerprint density at radius 1 is 1.04 bits per heavy atom. The maximum atomic E-state index is 12.9. The lowest BCUT2D eigenvalue weighted by molar-refractivity contribution is -0.113. The number of nitrogens with zero attached hydrogens (tertiary/aromatic N) is 1. The third-order valence-electron chi connectivity index (χ3n) is 4.54. The molecule has 3 rings (SSSR count). The molecule has 3 nitrogen and oxygen atoms in total. The number of thiocarbonyl (C=S) groups is 1. The first kappa shape index (κ1) is 19.6. The molecule has 0 bridgehead atoms. The number of aromatic hydroxyl groups is 1. The predicted octanol–water partition coefficient (Wildman–Crippen LogP) is 6.04. The highest BCUT2D eigenvalue weighted by molar-refractivity contribution is 8.27. The summed E-state index contributed by atoms with van der Waals surface area (Å²) in [5, 5.41) is 10.6. The lowest BCUT2D eigenvalue weighted by Crippen LogP contribution is -2.27. The molecule has 140 valence electrons. The second-order valence-electron chi connectivity index (χ2n) is 7.21. The van der Waals surface area contributed by atoms with Gasteiger partial charge in [0.15, 0.2) is 4.32 Å². The van der Waals surface area contributed by atoms with Gasteiger partial charge in [0.2, 0.25) is 0 Å². The van der Waals surface area contributed by atoms with Crippen molar-refractivity contribution in [3.05, 3.63) is 64.1 Å². The Morgan fingerprint density at radius 3 is 2.11 bits per heavy atom. The van der Waals surface area contributed by atoms with Crippen molar-refractivity contribution in [3.8, 4) is 5.75 Å². The molecule has 1 aliphatic rings. The zero-order valence-corrected chi connectivity index (χ0v) is 17.5. The molecule has 1 amide bonds. The van der Waals surface area contributed by atoms with Gasteiger partial charge in [0.1, 0.15) is 5.75 Å². The van der Waals surface area contributed by atoms with E-state index in [0.717, 1.165) is 22.4 Å². The van der Waals surface area contributed by atoms with Crippen LogP contribution in [0, 0.1) is 0 Å². The summed E-state index contributed by atoms with van der Waals surface area (Å²) in [6.07, 6.45) is 1.87. The number of phenols is 1. The fourth-order valence-electron chi connectivity index (χ4n) is 3.09. The maximum Gasteiger partial charge on any atom is 0.270 e. The van der Waals surface area contributed by atoms with E-state index < -0.39 is 0 Å². The zero-order chi connectivity index (χ0) is 19.7. The second kappa shape index (κ2) is 7.87. The van der Waals surface area contributed by atoms with Gasteiger partial charge in [-0.3, -0.25) is 9.69 Å². The molecule has 5 heteroatoms. The van der Waals surface area contributed by atoms with Crippen molar-refractivity contribution in [1.29, 1.82) is 0 Å². The van der Waals surface area contributed by atoms with Crippen LogP contribution in [0.3, 0.4) is 0 Å². The Labute approximate surface area is 170 Å². The average molecular weight is 398 g/mol. The summed E-state index contributed by atoms with van der Waals surface area (Å²) >= 11 is 6.75. The molecule has 0 aliphatic carbocycles. The molecule has 1 heterocycles. The van der Waals surface area contributed by atoms with Crippen LogP contribution in [-0.4, -0.2) is 15.3 Å². The maximum absolute atomic E-state index is 12.9. The molecule has 0 unspecified atom stereocenters. The summed E-state index contributed by atoms with van der Waals surface area (Å²) in [6.45, 7) is 8.21. The van der Waals surface area contributed by atoms with Crippen LogP contribution in [0.4, 0.5) is 5.69 Å². The van der Waals surface area contributed by atoms with E-state index in [0.29, 0.717) is 15.0 Å². The second-order valence-corrected chi connectivity index (χ2v) is 8.89. The van der Waals surface area contributed by atoms with Gasteiger partial charge in [-0.2, -0.15) is 0 Å². The summed E-state index contributed by atoms with van der Waals surface area (Å²) in [4.78, 5) is 15.1. The van der Waals surface area contributed by atoms with E-state index in [1.54, 1.807) is 4.90 Å². The van der Waals surface area contributed by atoms with Gasteiger partial charge < -0.3 is 5.11 Å². The van der Waals surface area contributed by atoms with Crippen LogP contribution < -0.4 is 4.90 Å². The molecule has 1 saturated heterocycles. The van der Waals surface area contributed by atoms with Gasteiger partial charge in [0.25, 0.3) is 5.91 Å². The van der Waals surface area contributed by atoms with Crippen LogP contribution >= 0.6 is 24.0 Å². The predicted molar refractivity (Wildman–Crippen MR) is 118 cm³/mol. The molecule has 27 heavy (non-hydrogen) atoms. The number of anilines is 1. The van der Waals surface area contributed by atoms with Crippen LogP contribution in [0.1, 0.15) is 56.2 Å². The molecule has 0 atom stereocenters. The van der Waals surface area contributed by atoms with E-state index in [2.05, 4.69) is 27.7 Å². The summed E-state index contributed by atoms with van der Waals surface area (Å²) < 4.78 is 0.532. The van der Waals surface area contributed by atoms with Gasteiger partial charge in [-0.25, -0.2) is 0 Å². The van der Waals surface area contributed by atoms with Crippen LogP contribution in [0.2, 0.25) is 0 Å². The first-order chi connectivity index (χ1) is 12.8. The molecule has 0 aromatic heterocycles. The Bertz CT molecular complexity index is 888. The number of rotatable bonds is 4. The van der Waals surface area contributed by atoms with Crippen LogP contribution in [0.25, 0.3) is 6.08 Å². The quantitative estimate of drug-likeness (QED) is 0.504. The first-order valence-electron chi connectivity index (χ1n) is 8.99. The van der Waals surface area contributed by atoms with E-state index in [1.807, 2.05) is 48.5 Å². The van der Waals surface area contributed by atoms with E-state index in [9.17, 15) is 9.90 Å². The highest BCUT2D eigenvalue weighted by Gasteiger charge is 2.33. The summed E-state index contributed by atoms with van der Waals surface area (Å²) in [5.74, 6) is 0.625. The first-order valence-corrected chi connectivity index (χ1v) is 10.2. The van der Waals surface area contributed by atoms with E-state index in [-0.39, 0.29) is 17.7 Å². The van der Waals surface area contributed by atoms with Crippen molar-refractivity contribution in [3.63, 3.8) is 0 Å². The number of hydrogen-bond donors (Lipinski definition) is 1. The van der Waals surface area contributed by atoms with Crippen LogP contribution in [0.5, 0.6) is 5.75 Å². The van der Waals surface area contributed by atoms with Crippen LogP contribution in [-0.2, 0) is 4.79 Å². The molecular formula is C22H23NO2S2. The van der Waals surface area contributed by atoms with Crippen LogP contribution in [0.15, 0.2) is 47.4 Å². The Hall–Kier alpha value is -2.11. The largest absolute Gasteiger partial charge is 0.507 e. The Kier molecular flexibility index (Phi) is 5.72. The van der Waals surface area contributed by atoms with E-state index >= 15 is 0 Å². The number of para-hydroxylation sites is 1. The molecule has 2 aromatic rings. The minimum atomic E-state index is -0.110. The van der Waals surface area contributed by atoms with Gasteiger partial charge in [0, 0.05) is 0 Å². The molecule has 1 aliphatic heterocycles. The van der Waals surface area contributed by atoms with E-state index in [4.69, 9.17) is 12.2 Å². The van der Waals surface area contributed by atoms with Crippen molar-refractivity contribution in [2.75, 3.05) is 4.90 Å². The zero-order valence-electron chi connectivity index (χ0n) is 15.9. The van der Waals surface area contributed by atoms with Crippen molar-refractivity contribution in [2.45, 2.75) is 39.5 Å². The molecule has 0 saturated carbocycles. The fraction of sp³-hybridized carbons (Fsp3) is 0.273. The number of phenolic OH excluding ortho intramolecular Hbond substituents is 1. The number of amides is 1. The minimum absolute atomic E-state index is 0.110. The number of benzene rings is 2. The SMILES string of the molecule is CC(C)c1cc(/C=C2/SC(=S)N(c3ccccc3)C2=O)cc(C(C)C)c1O. The normalized spacial score (nSPS) is 16.2. The molecular weight excluding hydrogens is 374 g/mol. The van der Waals surface area contributed by atoms with Gasteiger partial charge >= 0.3 is 0 Å². The molecule has 2 aromatic carbocycles. The smallest absolute Gasteiger partial charge is 0.270 e. The van der Waals surface area contributed by atoms with Gasteiger partial charge in [-0.1, -0.05) is 69.9 Å². The lowest BCUT2D eigenvalue weighted by atomic mass is 9.91. The molecule has 0 spiro atoms. The topological polar surface area (TPSA) is 40.5 Å². The fourth-order valence-corrected chi connectivity index (χ4v) is 4.39. The van der Waals surface area contributed by atoms with Crippen molar-refractivity contribution >= 4 is 46.0 Å². The summed E-state index contributed by atoms with van der Waals surface area (Å²) in [7, 11) is 0. The van der Waals surface area contributed by atoms with E-state index in [1.165, 1.54) is 11.8 Å². The summed E-state index contributed by atoms with van der Waals surface area (Å²) in [5.41, 5.74) is 3.48. The van der Waals surface area contributed by atoms with Gasteiger partial charge in [-0.05, 0) is 58.9 Å². The summed E-state index contributed by atoms with van der Waals surface area (Å²) in [6, 6.07) is 13.4. The molecule has 0 radical (unpaired) electrons. The van der Waals surface area contributed by atoms with Crippen molar-refractivity contribution < 1.29 is 9.90 Å². The number of carbonyl (C=O) groups is 1. The number of carbonyl (C=O) groups excluding carboxylic acids is 1. The number of hydrogen-bond acceptors (Lipinski definition) is 4. The average Bonchev–Trinajstić information content (AvgIpc) is 2.90. The molecule has 1 fully saturated rings. The Balaban J connectivity index is 2.02. The highest BCUT2D eigenvalue weighted by Crippen LogP contribution is 2.39. The Morgan fingerprint density at radius 2 is 1.59 bits per heavy atom. The third kappa shape index (κ3) is 3.94. The highest BCUT2D eigenvalue weighted by atomic mass is 32.2. The molecule has 1 N–H and O–H groups in total.